The van der Waals surface area contributed by atoms with Gasteiger partial charge in [0.15, 0.2) is 15.7 Å². The minimum Gasteiger partial charge on any atom is -0.380 e. The van der Waals surface area contributed by atoms with Crippen LogP contribution in [0.3, 0.4) is 0 Å². The summed E-state index contributed by atoms with van der Waals surface area (Å²) in [6, 6.07) is 4.21. The van der Waals surface area contributed by atoms with E-state index >= 15 is 0 Å². The van der Waals surface area contributed by atoms with Crippen molar-refractivity contribution in [2.45, 2.75) is 12.3 Å². The van der Waals surface area contributed by atoms with Gasteiger partial charge in [0.2, 0.25) is 0 Å². The fraction of sp³-hybridized carbons (Fsp3) is 0.368. The molecule has 1 saturated heterocycles. The third kappa shape index (κ3) is 4.97. The average molecular weight is 448 g/mol. The van der Waals surface area contributed by atoms with Crippen LogP contribution in [0.25, 0.3) is 10.9 Å². The lowest BCUT2D eigenvalue weighted by Crippen LogP contribution is -2.33. The molecule has 0 radical (unpaired) electrons. The maximum atomic E-state index is 13.1. The van der Waals surface area contributed by atoms with Crippen molar-refractivity contribution < 1.29 is 22.3 Å². The highest BCUT2D eigenvalue weighted by Crippen LogP contribution is 2.26. The highest BCUT2D eigenvalue weighted by molar-refractivity contribution is 7.89. The van der Waals surface area contributed by atoms with E-state index in [-0.39, 0.29) is 17.5 Å². The maximum Gasteiger partial charge on any atom is 0.272 e. The SMILES string of the molecule is CS(=O)(=O)Cn1nc(Nc2ccc(F)cn2)c2cnc(C(=O)N3CCCOCC3)cc21. The third-order valence-electron chi connectivity index (χ3n) is 4.70. The van der Waals surface area contributed by atoms with Crippen LogP contribution in [0.2, 0.25) is 0 Å². The first kappa shape index (κ1) is 21.1. The van der Waals surface area contributed by atoms with Gasteiger partial charge in [-0.2, -0.15) is 5.10 Å². The van der Waals surface area contributed by atoms with Crippen LogP contribution in [0.15, 0.2) is 30.6 Å². The fourth-order valence-corrected chi connectivity index (χ4v) is 3.92. The molecule has 10 nitrogen and oxygen atoms in total. The van der Waals surface area contributed by atoms with Crippen LogP contribution in [-0.2, 0) is 20.5 Å². The van der Waals surface area contributed by atoms with Crippen molar-refractivity contribution in [3.05, 3.63) is 42.1 Å². The normalized spacial score (nSPS) is 15.1. The molecule has 0 unspecified atom stereocenters. The molecule has 0 aromatic carbocycles. The number of carbonyl (C=O) groups is 1. The van der Waals surface area contributed by atoms with Gasteiger partial charge in [0.25, 0.3) is 5.91 Å². The minimum atomic E-state index is -3.42. The topological polar surface area (TPSA) is 119 Å². The summed E-state index contributed by atoms with van der Waals surface area (Å²) in [6.07, 6.45) is 4.35. The lowest BCUT2D eigenvalue weighted by atomic mass is 10.2. The number of anilines is 2. The molecule has 0 bridgehead atoms. The second-order valence-corrected chi connectivity index (χ2v) is 9.34. The van der Waals surface area contributed by atoms with Crippen LogP contribution < -0.4 is 5.32 Å². The number of carbonyl (C=O) groups excluding carboxylic acids is 1. The molecule has 4 rings (SSSR count). The van der Waals surface area contributed by atoms with Crippen molar-refractivity contribution in [1.82, 2.24) is 24.6 Å². The van der Waals surface area contributed by atoms with Crippen LogP contribution >= 0.6 is 0 Å². The van der Waals surface area contributed by atoms with Gasteiger partial charge < -0.3 is 15.0 Å². The molecule has 1 aliphatic heterocycles. The summed E-state index contributed by atoms with van der Waals surface area (Å²) in [4.78, 5) is 22.8. The number of fused-ring (bicyclic) bond motifs is 1. The number of nitrogens with one attached hydrogen (secondary N) is 1. The van der Waals surface area contributed by atoms with Gasteiger partial charge in [-0.05, 0) is 24.6 Å². The standard InChI is InChI=1S/C19H21FN6O4S/c1-31(28,29)12-26-16-9-15(19(27)25-5-2-7-30-8-6-25)21-11-14(16)18(24-26)23-17-4-3-13(20)10-22-17/h3-4,9-11H,2,5-8,12H2,1H3,(H,22,23,24). The molecular formula is C19H21FN6O4S. The van der Waals surface area contributed by atoms with Gasteiger partial charge in [-0.1, -0.05) is 0 Å². The summed E-state index contributed by atoms with van der Waals surface area (Å²) in [5.41, 5.74) is 0.620. The Labute approximate surface area is 178 Å². The van der Waals surface area contributed by atoms with Gasteiger partial charge >= 0.3 is 0 Å². The van der Waals surface area contributed by atoms with Gasteiger partial charge in [0.05, 0.1) is 23.7 Å². The second kappa shape index (κ2) is 8.55. The first-order chi connectivity index (χ1) is 14.8. The molecule has 31 heavy (non-hydrogen) atoms. The summed E-state index contributed by atoms with van der Waals surface area (Å²) < 4.78 is 43.6. The van der Waals surface area contributed by atoms with E-state index in [0.29, 0.717) is 48.8 Å². The van der Waals surface area contributed by atoms with Gasteiger partial charge in [-0.25, -0.2) is 22.5 Å². The van der Waals surface area contributed by atoms with E-state index < -0.39 is 15.7 Å². The number of pyridine rings is 2. The highest BCUT2D eigenvalue weighted by Gasteiger charge is 2.22. The number of aromatic nitrogens is 4. The number of hydrogen-bond donors (Lipinski definition) is 1. The van der Waals surface area contributed by atoms with Gasteiger partial charge in [0, 0.05) is 32.1 Å². The van der Waals surface area contributed by atoms with Crippen LogP contribution in [0.5, 0.6) is 0 Å². The predicted octanol–water partition coefficient (Wildman–Crippen LogP) is 1.57. The van der Waals surface area contributed by atoms with E-state index in [1.54, 1.807) is 4.90 Å². The van der Waals surface area contributed by atoms with Crippen molar-refractivity contribution in [2.24, 2.45) is 0 Å². The van der Waals surface area contributed by atoms with Gasteiger partial charge in [-0.15, -0.1) is 0 Å². The number of sulfone groups is 1. The number of ether oxygens (including phenoxy) is 1. The van der Waals surface area contributed by atoms with E-state index in [2.05, 4.69) is 20.4 Å². The van der Waals surface area contributed by atoms with Crippen molar-refractivity contribution in [3.63, 3.8) is 0 Å². The van der Waals surface area contributed by atoms with Crippen LogP contribution in [0, 0.1) is 5.82 Å². The zero-order valence-electron chi connectivity index (χ0n) is 16.8. The van der Waals surface area contributed by atoms with E-state index in [9.17, 15) is 17.6 Å². The third-order valence-corrected chi connectivity index (χ3v) is 5.41. The highest BCUT2D eigenvalue weighted by atomic mass is 32.2. The Morgan fingerprint density at radius 3 is 2.81 bits per heavy atom. The molecule has 164 valence electrons. The summed E-state index contributed by atoms with van der Waals surface area (Å²) in [5.74, 6) is -0.488. The lowest BCUT2D eigenvalue weighted by molar-refractivity contribution is 0.0735. The predicted molar refractivity (Wildman–Crippen MR) is 111 cm³/mol. The van der Waals surface area contributed by atoms with E-state index in [0.717, 1.165) is 18.9 Å². The Kier molecular flexibility index (Phi) is 5.83. The Morgan fingerprint density at radius 1 is 1.23 bits per heavy atom. The monoisotopic (exact) mass is 448 g/mol. The molecule has 3 aromatic heterocycles. The Balaban J connectivity index is 1.72. The minimum absolute atomic E-state index is 0.190. The van der Waals surface area contributed by atoms with E-state index in [1.165, 1.54) is 29.1 Å². The van der Waals surface area contributed by atoms with Crippen molar-refractivity contribution >= 4 is 38.3 Å². The van der Waals surface area contributed by atoms with Crippen molar-refractivity contribution in [2.75, 3.05) is 37.9 Å². The smallest absolute Gasteiger partial charge is 0.272 e. The molecule has 1 N–H and O–H groups in total. The number of hydrogen-bond acceptors (Lipinski definition) is 8. The van der Waals surface area contributed by atoms with Gasteiger partial charge in [-0.3, -0.25) is 9.78 Å². The Hall–Kier alpha value is -3.12. The number of halogens is 1. The van der Waals surface area contributed by atoms with Crippen molar-refractivity contribution in [1.29, 1.82) is 0 Å². The number of nitrogens with zero attached hydrogens (tertiary/aromatic N) is 5. The second-order valence-electron chi connectivity index (χ2n) is 7.23. The Morgan fingerprint density at radius 2 is 2.06 bits per heavy atom. The summed E-state index contributed by atoms with van der Waals surface area (Å²) >= 11 is 0. The maximum absolute atomic E-state index is 13.1. The first-order valence-electron chi connectivity index (χ1n) is 9.60. The van der Waals surface area contributed by atoms with E-state index in [1.807, 2.05) is 0 Å². The van der Waals surface area contributed by atoms with E-state index in [4.69, 9.17) is 4.74 Å². The van der Waals surface area contributed by atoms with Crippen LogP contribution in [0.1, 0.15) is 16.9 Å². The molecule has 0 atom stereocenters. The Bertz CT molecular complexity index is 1200. The molecule has 4 heterocycles. The molecular weight excluding hydrogens is 427 g/mol. The lowest BCUT2D eigenvalue weighted by Gasteiger charge is -2.19. The van der Waals surface area contributed by atoms with Gasteiger partial charge in [0.1, 0.15) is 23.2 Å². The summed E-state index contributed by atoms with van der Waals surface area (Å²) in [7, 11) is -3.42. The molecule has 0 spiro atoms. The first-order valence-corrected chi connectivity index (χ1v) is 11.7. The van der Waals surface area contributed by atoms with Crippen molar-refractivity contribution in [3.8, 4) is 0 Å². The average Bonchev–Trinajstić information content (AvgIpc) is 2.90. The zero-order valence-corrected chi connectivity index (χ0v) is 17.6. The molecule has 0 aliphatic carbocycles. The largest absolute Gasteiger partial charge is 0.380 e. The number of amides is 1. The number of rotatable bonds is 5. The summed E-state index contributed by atoms with van der Waals surface area (Å²) in [6.45, 7) is 2.08. The zero-order chi connectivity index (χ0) is 22.0. The fourth-order valence-electron chi connectivity index (χ4n) is 3.28. The molecule has 3 aromatic rings. The summed E-state index contributed by atoms with van der Waals surface area (Å²) in [5, 5.41) is 7.78. The molecule has 1 amide bonds. The molecule has 0 saturated carbocycles. The molecule has 1 fully saturated rings. The molecule has 12 heteroatoms. The molecule has 1 aliphatic rings. The quantitative estimate of drug-likeness (QED) is 0.625. The van der Waals surface area contributed by atoms with Crippen LogP contribution in [-0.4, -0.2) is 71.5 Å². The van der Waals surface area contributed by atoms with Crippen LogP contribution in [0.4, 0.5) is 16.0 Å².